The minimum atomic E-state index is -0.0546. The summed E-state index contributed by atoms with van der Waals surface area (Å²) in [5, 5.41) is 17.0. The van der Waals surface area contributed by atoms with Gasteiger partial charge in [0.25, 0.3) is 0 Å². The Morgan fingerprint density at radius 3 is 2.74 bits per heavy atom. The number of carbonyl (C=O) groups excluding carboxylic acids is 1. The molecule has 0 saturated carbocycles. The maximum atomic E-state index is 12.4. The normalized spacial score (nSPS) is 23.0. The Morgan fingerprint density at radius 1 is 1.48 bits per heavy atom. The monoisotopic (exact) mass is 322 g/mol. The van der Waals surface area contributed by atoms with Gasteiger partial charge < -0.3 is 10.4 Å². The molecule has 0 radical (unpaired) electrons. The number of rotatable bonds is 4. The number of piperidine rings is 1. The van der Waals surface area contributed by atoms with Crippen LogP contribution < -0.4 is 5.32 Å². The second-order valence-corrected chi connectivity index (χ2v) is 7.68. The second kappa shape index (κ2) is 7.01. The van der Waals surface area contributed by atoms with Crippen molar-refractivity contribution in [3.8, 4) is 0 Å². The quantitative estimate of drug-likeness (QED) is 0.886. The Bertz CT molecular complexity index is 547. The minimum Gasteiger partial charge on any atom is -0.395 e. The highest BCUT2D eigenvalue weighted by Crippen LogP contribution is 2.24. The minimum absolute atomic E-state index is 0.0506. The molecule has 2 unspecified atom stereocenters. The lowest BCUT2D eigenvalue weighted by atomic mass is 9.91. The number of amides is 1. The van der Waals surface area contributed by atoms with E-state index in [1.165, 1.54) is 0 Å². The Hall–Kier alpha value is -1.40. The fraction of sp³-hybridized carbons (Fsp3) is 0.765. The van der Waals surface area contributed by atoms with E-state index in [-0.39, 0.29) is 24.0 Å². The van der Waals surface area contributed by atoms with E-state index in [2.05, 4.69) is 43.0 Å². The molecule has 130 valence electrons. The molecule has 6 heteroatoms. The first-order valence-electron chi connectivity index (χ1n) is 8.41. The molecule has 6 nitrogen and oxygen atoms in total. The Labute approximate surface area is 138 Å². The van der Waals surface area contributed by atoms with Gasteiger partial charge in [0.15, 0.2) is 0 Å². The van der Waals surface area contributed by atoms with E-state index in [0.29, 0.717) is 18.3 Å². The second-order valence-electron chi connectivity index (χ2n) is 7.68. The van der Waals surface area contributed by atoms with Crippen molar-refractivity contribution in [1.29, 1.82) is 0 Å². The summed E-state index contributed by atoms with van der Waals surface area (Å²) < 4.78 is 1.71. The number of aromatic nitrogens is 2. The smallest absolute Gasteiger partial charge is 0.239 e. The van der Waals surface area contributed by atoms with Gasteiger partial charge in [0.1, 0.15) is 5.82 Å². The van der Waals surface area contributed by atoms with Crippen LogP contribution in [0.4, 0.5) is 5.82 Å². The van der Waals surface area contributed by atoms with Crippen molar-refractivity contribution in [3.63, 3.8) is 0 Å². The molecule has 2 N–H and O–H groups in total. The predicted octanol–water partition coefficient (Wildman–Crippen LogP) is 1.75. The van der Waals surface area contributed by atoms with Gasteiger partial charge in [-0.05, 0) is 25.3 Å². The van der Waals surface area contributed by atoms with Gasteiger partial charge in [-0.25, -0.2) is 0 Å². The van der Waals surface area contributed by atoms with E-state index in [1.54, 1.807) is 4.68 Å². The van der Waals surface area contributed by atoms with E-state index in [0.717, 1.165) is 25.1 Å². The van der Waals surface area contributed by atoms with Crippen molar-refractivity contribution in [1.82, 2.24) is 14.7 Å². The van der Waals surface area contributed by atoms with E-state index in [1.807, 2.05) is 13.1 Å². The number of carbonyl (C=O) groups is 1. The van der Waals surface area contributed by atoms with Gasteiger partial charge in [-0.2, -0.15) is 5.10 Å². The molecule has 23 heavy (non-hydrogen) atoms. The highest BCUT2D eigenvalue weighted by Gasteiger charge is 2.29. The summed E-state index contributed by atoms with van der Waals surface area (Å²) in [7, 11) is 1.84. The SMILES string of the molecule is CC1CCCN(CC(=O)Nc2cc(C(C)(C)C)nn2C)C1CO. The first-order valence-corrected chi connectivity index (χ1v) is 8.41. The molecule has 1 aromatic rings. The van der Waals surface area contributed by atoms with Crippen LogP contribution in [-0.4, -0.2) is 51.4 Å². The highest BCUT2D eigenvalue weighted by molar-refractivity contribution is 5.91. The number of nitrogens with one attached hydrogen (secondary N) is 1. The van der Waals surface area contributed by atoms with Crippen LogP contribution in [0.2, 0.25) is 0 Å². The van der Waals surface area contributed by atoms with Crippen LogP contribution in [0.25, 0.3) is 0 Å². The maximum absolute atomic E-state index is 12.4. The van der Waals surface area contributed by atoms with E-state index in [4.69, 9.17) is 0 Å². The van der Waals surface area contributed by atoms with Gasteiger partial charge in [-0.15, -0.1) is 0 Å². The van der Waals surface area contributed by atoms with E-state index in [9.17, 15) is 9.90 Å². The molecule has 1 amide bonds. The van der Waals surface area contributed by atoms with Gasteiger partial charge in [0.2, 0.25) is 5.91 Å². The summed E-state index contributed by atoms with van der Waals surface area (Å²) >= 11 is 0. The molecule has 1 aliphatic rings. The van der Waals surface area contributed by atoms with Crippen molar-refractivity contribution >= 4 is 11.7 Å². The zero-order valence-corrected chi connectivity index (χ0v) is 15.0. The molecule has 2 atom stereocenters. The fourth-order valence-electron chi connectivity index (χ4n) is 3.14. The predicted molar refractivity (Wildman–Crippen MR) is 91.4 cm³/mol. The standard InChI is InChI=1S/C17H30N4O2/c1-12-7-6-8-21(13(12)11-22)10-16(23)18-15-9-14(17(2,3)4)19-20(15)5/h9,12-13,22H,6-8,10-11H2,1-5H3,(H,18,23). The topological polar surface area (TPSA) is 70.4 Å². The first kappa shape index (κ1) is 17.9. The van der Waals surface area contributed by atoms with E-state index < -0.39 is 0 Å². The summed E-state index contributed by atoms with van der Waals surface area (Å²) in [6, 6.07) is 2.01. The van der Waals surface area contributed by atoms with Crippen LogP contribution in [0.3, 0.4) is 0 Å². The molecular weight excluding hydrogens is 292 g/mol. The molecular formula is C17H30N4O2. The van der Waals surface area contributed by atoms with Crippen molar-refractivity contribution < 1.29 is 9.90 Å². The lowest BCUT2D eigenvalue weighted by Gasteiger charge is -2.38. The maximum Gasteiger partial charge on any atom is 0.239 e. The molecule has 0 bridgehead atoms. The lowest BCUT2D eigenvalue weighted by molar-refractivity contribution is -0.118. The van der Waals surface area contributed by atoms with Gasteiger partial charge in [0, 0.05) is 24.6 Å². The Kier molecular flexibility index (Phi) is 5.47. The fourth-order valence-corrected chi connectivity index (χ4v) is 3.14. The average Bonchev–Trinajstić information content (AvgIpc) is 2.80. The number of hydrogen-bond donors (Lipinski definition) is 2. The molecule has 0 aliphatic carbocycles. The third kappa shape index (κ3) is 4.32. The molecule has 0 aromatic carbocycles. The van der Waals surface area contributed by atoms with Gasteiger partial charge in [-0.3, -0.25) is 14.4 Å². The van der Waals surface area contributed by atoms with E-state index >= 15 is 0 Å². The molecule has 1 saturated heterocycles. The summed E-state index contributed by atoms with van der Waals surface area (Å²) in [4.78, 5) is 14.5. The van der Waals surface area contributed by atoms with Crippen LogP contribution in [0.5, 0.6) is 0 Å². The molecule has 0 spiro atoms. The van der Waals surface area contributed by atoms with Gasteiger partial charge in [0.05, 0.1) is 18.8 Å². The average molecular weight is 322 g/mol. The molecule has 1 aliphatic heterocycles. The molecule has 2 heterocycles. The zero-order valence-electron chi connectivity index (χ0n) is 15.0. The first-order chi connectivity index (χ1) is 10.7. The van der Waals surface area contributed by atoms with Gasteiger partial charge >= 0.3 is 0 Å². The van der Waals surface area contributed by atoms with Crippen molar-refractivity contribution in [2.75, 3.05) is 25.0 Å². The molecule has 2 rings (SSSR count). The molecule has 1 aromatic heterocycles. The Balaban J connectivity index is 2.01. The number of hydrogen-bond acceptors (Lipinski definition) is 4. The van der Waals surface area contributed by atoms with Crippen molar-refractivity contribution in [3.05, 3.63) is 11.8 Å². The molecule has 1 fully saturated rings. The number of aliphatic hydroxyl groups excluding tert-OH is 1. The van der Waals surface area contributed by atoms with Crippen LogP contribution in [-0.2, 0) is 17.3 Å². The van der Waals surface area contributed by atoms with Crippen LogP contribution >= 0.6 is 0 Å². The number of anilines is 1. The van der Waals surface area contributed by atoms with Crippen molar-refractivity contribution in [2.45, 2.75) is 52.0 Å². The largest absolute Gasteiger partial charge is 0.395 e. The number of likely N-dealkylation sites (tertiary alicyclic amines) is 1. The summed E-state index contributed by atoms with van der Waals surface area (Å²) in [5.41, 5.74) is 0.903. The number of aryl methyl sites for hydroxylation is 1. The van der Waals surface area contributed by atoms with Crippen LogP contribution in [0, 0.1) is 5.92 Å². The van der Waals surface area contributed by atoms with Crippen molar-refractivity contribution in [2.24, 2.45) is 13.0 Å². The highest BCUT2D eigenvalue weighted by atomic mass is 16.3. The van der Waals surface area contributed by atoms with Crippen LogP contribution in [0.1, 0.15) is 46.2 Å². The summed E-state index contributed by atoms with van der Waals surface area (Å²) in [5.74, 6) is 1.08. The third-order valence-corrected chi connectivity index (χ3v) is 4.68. The number of nitrogens with zero attached hydrogens (tertiary/aromatic N) is 3. The van der Waals surface area contributed by atoms with Crippen LogP contribution in [0.15, 0.2) is 6.07 Å². The summed E-state index contributed by atoms with van der Waals surface area (Å²) in [6.45, 7) is 9.72. The third-order valence-electron chi connectivity index (χ3n) is 4.68. The lowest BCUT2D eigenvalue weighted by Crippen LogP contribution is -2.49. The zero-order chi connectivity index (χ0) is 17.2. The summed E-state index contributed by atoms with van der Waals surface area (Å²) in [6.07, 6.45) is 2.19. The van der Waals surface area contributed by atoms with Gasteiger partial charge in [-0.1, -0.05) is 27.7 Å². The number of aliphatic hydroxyl groups is 1. The Morgan fingerprint density at radius 2 is 2.17 bits per heavy atom.